The molecule has 1 saturated heterocycles. The van der Waals surface area contributed by atoms with E-state index in [4.69, 9.17) is 14.2 Å². The number of methoxy groups -OCH3 is 2. The molecule has 8 nitrogen and oxygen atoms in total. The summed E-state index contributed by atoms with van der Waals surface area (Å²) in [6.45, 7) is 6.65. The van der Waals surface area contributed by atoms with Gasteiger partial charge in [0.25, 0.3) is 5.91 Å². The number of anilines is 1. The summed E-state index contributed by atoms with van der Waals surface area (Å²) >= 11 is 0. The maximum atomic E-state index is 12.7. The van der Waals surface area contributed by atoms with Crippen LogP contribution in [0.3, 0.4) is 0 Å². The lowest BCUT2D eigenvalue weighted by molar-refractivity contribution is -0.133. The van der Waals surface area contributed by atoms with E-state index >= 15 is 0 Å². The number of amides is 1. The second-order valence-corrected chi connectivity index (χ2v) is 8.22. The molecule has 4 rings (SSSR count). The third-order valence-corrected chi connectivity index (χ3v) is 6.03. The molecule has 0 atom stereocenters. The van der Waals surface area contributed by atoms with Crippen molar-refractivity contribution in [2.75, 3.05) is 51.9 Å². The Kier molecular flexibility index (Phi) is 7.15. The molecule has 3 aromatic rings. The number of para-hydroxylation sites is 1. The number of aryl methyl sites for hydroxylation is 2. The van der Waals surface area contributed by atoms with E-state index in [1.54, 1.807) is 14.2 Å². The zero-order valence-corrected chi connectivity index (χ0v) is 20.1. The van der Waals surface area contributed by atoms with Gasteiger partial charge in [0.15, 0.2) is 23.9 Å². The van der Waals surface area contributed by atoms with E-state index < -0.39 is 0 Å². The zero-order valence-electron chi connectivity index (χ0n) is 20.1. The summed E-state index contributed by atoms with van der Waals surface area (Å²) in [5.74, 6) is 2.90. The van der Waals surface area contributed by atoms with E-state index in [-0.39, 0.29) is 12.5 Å². The van der Waals surface area contributed by atoms with Crippen LogP contribution in [0.1, 0.15) is 11.1 Å². The maximum Gasteiger partial charge on any atom is 0.260 e. The highest BCUT2D eigenvalue weighted by molar-refractivity contribution is 5.78. The lowest BCUT2D eigenvalue weighted by Gasteiger charge is -2.35. The first-order valence-corrected chi connectivity index (χ1v) is 11.3. The van der Waals surface area contributed by atoms with Crippen molar-refractivity contribution in [1.29, 1.82) is 0 Å². The largest absolute Gasteiger partial charge is 0.493 e. The summed E-state index contributed by atoms with van der Waals surface area (Å²) in [6, 6.07) is 15.5. The highest BCUT2D eigenvalue weighted by Crippen LogP contribution is 2.31. The van der Waals surface area contributed by atoms with Gasteiger partial charge in [-0.1, -0.05) is 18.2 Å². The number of rotatable bonds is 7. The summed E-state index contributed by atoms with van der Waals surface area (Å²) in [5.41, 5.74) is 3.72. The Bertz CT molecular complexity index is 1120. The Labute approximate surface area is 200 Å². The van der Waals surface area contributed by atoms with Gasteiger partial charge in [-0.3, -0.25) is 4.79 Å². The topological polar surface area (TPSA) is 77.0 Å². The SMILES string of the molecule is COc1ccc(-c2ccc(N3CCN(C(=O)COc4c(C)cccc4C)CC3)nn2)cc1OC. The van der Waals surface area contributed by atoms with Gasteiger partial charge in [-0.05, 0) is 55.3 Å². The van der Waals surface area contributed by atoms with Crippen LogP contribution in [0.2, 0.25) is 0 Å². The fourth-order valence-corrected chi connectivity index (χ4v) is 4.08. The molecule has 1 fully saturated rings. The van der Waals surface area contributed by atoms with E-state index in [0.29, 0.717) is 37.7 Å². The first kappa shape index (κ1) is 23.4. The van der Waals surface area contributed by atoms with Crippen LogP contribution in [-0.2, 0) is 4.79 Å². The van der Waals surface area contributed by atoms with Crippen LogP contribution >= 0.6 is 0 Å². The predicted molar refractivity (Wildman–Crippen MR) is 131 cm³/mol. The normalized spacial score (nSPS) is 13.5. The van der Waals surface area contributed by atoms with Crippen molar-refractivity contribution in [3.63, 3.8) is 0 Å². The number of hydrogen-bond donors (Lipinski definition) is 0. The van der Waals surface area contributed by atoms with Crippen molar-refractivity contribution in [1.82, 2.24) is 15.1 Å². The summed E-state index contributed by atoms with van der Waals surface area (Å²) in [4.78, 5) is 16.7. The van der Waals surface area contributed by atoms with E-state index in [1.807, 2.05) is 67.3 Å². The molecule has 0 aliphatic carbocycles. The third-order valence-electron chi connectivity index (χ3n) is 6.03. The van der Waals surface area contributed by atoms with Crippen molar-refractivity contribution in [2.24, 2.45) is 0 Å². The van der Waals surface area contributed by atoms with Crippen molar-refractivity contribution >= 4 is 11.7 Å². The molecule has 2 heterocycles. The van der Waals surface area contributed by atoms with Gasteiger partial charge in [0.2, 0.25) is 0 Å². The van der Waals surface area contributed by atoms with Gasteiger partial charge in [0.1, 0.15) is 5.75 Å². The van der Waals surface area contributed by atoms with Crippen molar-refractivity contribution in [2.45, 2.75) is 13.8 Å². The first-order chi connectivity index (χ1) is 16.5. The highest BCUT2D eigenvalue weighted by atomic mass is 16.5. The zero-order chi connectivity index (χ0) is 24.1. The summed E-state index contributed by atoms with van der Waals surface area (Å²) in [6.07, 6.45) is 0. The number of ether oxygens (including phenoxy) is 3. The highest BCUT2D eigenvalue weighted by Gasteiger charge is 2.23. The molecule has 178 valence electrons. The Morgan fingerprint density at radius 3 is 2.21 bits per heavy atom. The minimum atomic E-state index is -0.00260. The summed E-state index contributed by atoms with van der Waals surface area (Å²) in [5, 5.41) is 8.82. The minimum Gasteiger partial charge on any atom is -0.493 e. The lowest BCUT2D eigenvalue weighted by atomic mass is 10.1. The van der Waals surface area contributed by atoms with E-state index in [1.165, 1.54) is 0 Å². The second kappa shape index (κ2) is 10.4. The minimum absolute atomic E-state index is 0.00260. The van der Waals surface area contributed by atoms with Crippen LogP contribution in [0.25, 0.3) is 11.3 Å². The van der Waals surface area contributed by atoms with Gasteiger partial charge in [-0.2, -0.15) is 0 Å². The van der Waals surface area contributed by atoms with Crippen molar-refractivity contribution < 1.29 is 19.0 Å². The third kappa shape index (κ3) is 5.06. The van der Waals surface area contributed by atoms with Crippen molar-refractivity contribution in [3.05, 3.63) is 59.7 Å². The van der Waals surface area contributed by atoms with Crippen LogP contribution in [0.15, 0.2) is 48.5 Å². The Morgan fingerprint density at radius 2 is 1.59 bits per heavy atom. The average Bonchev–Trinajstić information content (AvgIpc) is 2.88. The van der Waals surface area contributed by atoms with Gasteiger partial charge in [-0.15, -0.1) is 10.2 Å². The monoisotopic (exact) mass is 462 g/mol. The molecule has 0 radical (unpaired) electrons. The van der Waals surface area contributed by atoms with Gasteiger partial charge in [-0.25, -0.2) is 0 Å². The lowest BCUT2D eigenvalue weighted by Crippen LogP contribution is -2.50. The molecule has 1 aromatic heterocycles. The quantitative estimate of drug-likeness (QED) is 0.532. The molecule has 8 heteroatoms. The number of benzene rings is 2. The fourth-order valence-electron chi connectivity index (χ4n) is 4.08. The first-order valence-electron chi connectivity index (χ1n) is 11.3. The average molecular weight is 463 g/mol. The van der Waals surface area contributed by atoms with E-state index in [9.17, 15) is 4.79 Å². The van der Waals surface area contributed by atoms with Gasteiger partial charge in [0.05, 0.1) is 19.9 Å². The van der Waals surface area contributed by atoms with Gasteiger partial charge in [0, 0.05) is 31.7 Å². The number of hydrogen-bond acceptors (Lipinski definition) is 7. The Balaban J connectivity index is 1.33. The standard InChI is InChI=1S/C26H30N4O4/c1-18-6-5-7-19(2)26(18)34-17-25(31)30-14-12-29(13-15-30)24-11-9-21(27-28-24)20-8-10-22(32-3)23(16-20)33-4/h5-11,16H,12-15,17H2,1-4H3. The summed E-state index contributed by atoms with van der Waals surface area (Å²) < 4.78 is 16.5. The molecule has 0 bridgehead atoms. The number of carbonyl (C=O) groups is 1. The molecule has 1 aliphatic heterocycles. The fraction of sp³-hybridized carbons (Fsp3) is 0.346. The molecule has 34 heavy (non-hydrogen) atoms. The Hall–Kier alpha value is -3.81. The molecular formula is C26H30N4O4. The molecule has 0 spiro atoms. The predicted octanol–water partition coefficient (Wildman–Crippen LogP) is 3.51. The molecule has 0 saturated carbocycles. The Morgan fingerprint density at radius 1 is 0.882 bits per heavy atom. The smallest absolute Gasteiger partial charge is 0.260 e. The van der Waals surface area contributed by atoms with Crippen LogP contribution in [0, 0.1) is 13.8 Å². The number of aromatic nitrogens is 2. The van der Waals surface area contributed by atoms with Crippen LogP contribution < -0.4 is 19.1 Å². The molecule has 1 amide bonds. The van der Waals surface area contributed by atoms with E-state index in [0.717, 1.165) is 34.0 Å². The number of nitrogens with zero attached hydrogens (tertiary/aromatic N) is 4. The molecule has 0 unspecified atom stereocenters. The molecule has 0 N–H and O–H groups in total. The van der Waals surface area contributed by atoms with Crippen LogP contribution in [0.5, 0.6) is 17.2 Å². The number of piperazine rings is 1. The van der Waals surface area contributed by atoms with E-state index in [2.05, 4.69) is 15.1 Å². The van der Waals surface area contributed by atoms with Crippen LogP contribution in [0.4, 0.5) is 5.82 Å². The van der Waals surface area contributed by atoms with Crippen LogP contribution in [-0.4, -0.2) is 68.0 Å². The van der Waals surface area contributed by atoms with Gasteiger partial charge >= 0.3 is 0 Å². The summed E-state index contributed by atoms with van der Waals surface area (Å²) in [7, 11) is 3.22. The van der Waals surface area contributed by atoms with Gasteiger partial charge < -0.3 is 24.0 Å². The molecule has 1 aliphatic rings. The van der Waals surface area contributed by atoms with Crippen molar-refractivity contribution in [3.8, 4) is 28.5 Å². The molecular weight excluding hydrogens is 432 g/mol. The molecule has 2 aromatic carbocycles. The second-order valence-electron chi connectivity index (χ2n) is 8.22. The number of carbonyl (C=O) groups excluding carboxylic acids is 1. The maximum absolute atomic E-state index is 12.7.